The molecule has 0 spiro atoms. The number of nitrogens with zero attached hydrogens (tertiary/aromatic N) is 1. The van der Waals surface area contributed by atoms with E-state index >= 15 is 0 Å². The van der Waals surface area contributed by atoms with Gasteiger partial charge in [-0.2, -0.15) is 10.9 Å². The minimum absolute atomic E-state index is 0.593. The van der Waals surface area contributed by atoms with Crippen LogP contribution in [0.4, 0.5) is 0 Å². The molecule has 2 heterocycles. The van der Waals surface area contributed by atoms with Crippen molar-refractivity contribution >= 4 is 17.4 Å². The third kappa shape index (κ3) is 1.67. The van der Waals surface area contributed by atoms with E-state index < -0.39 is 6.48 Å². The van der Waals surface area contributed by atoms with E-state index in [-0.39, 0.29) is 0 Å². The third-order valence-corrected chi connectivity index (χ3v) is 4.92. The van der Waals surface area contributed by atoms with Crippen LogP contribution in [0.1, 0.15) is 12.8 Å². The Morgan fingerprint density at radius 1 is 0.900 bits per heavy atom. The topological polar surface area (TPSA) is 12.5 Å². The minimum atomic E-state index is -1.19. The number of hydrogen-bond donors (Lipinski definition) is 0. The summed E-state index contributed by atoms with van der Waals surface area (Å²) < 4.78 is 6.47. The first-order chi connectivity index (χ1) is 9.91. The molecule has 2 nitrogen and oxygen atoms in total. The number of rotatable bonds is 2. The molecule has 2 aromatic rings. The van der Waals surface area contributed by atoms with E-state index in [0.29, 0.717) is 6.04 Å². The molecular formula is C17H19BNO-. The molecule has 102 valence electrons. The molecule has 0 aromatic heterocycles. The summed E-state index contributed by atoms with van der Waals surface area (Å²) in [6.07, 6.45) is 2.56. The van der Waals surface area contributed by atoms with Crippen LogP contribution in [0.5, 0.6) is 0 Å². The maximum absolute atomic E-state index is 6.47. The van der Waals surface area contributed by atoms with Gasteiger partial charge in [0.05, 0.1) is 0 Å². The van der Waals surface area contributed by atoms with Gasteiger partial charge in [0.15, 0.2) is 0 Å². The van der Waals surface area contributed by atoms with Gasteiger partial charge in [0.1, 0.15) is 0 Å². The average Bonchev–Trinajstić information content (AvgIpc) is 3.11. The minimum Gasteiger partial charge on any atom is -0.569 e. The summed E-state index contributed by atoms with van der Waals surface area (Å²) in [5, 5.41) is 0. The molecule has 2 aromatic carbocycles. The van der Waals surface area contributed by atoms with Gasteiger partial charge in [0, 0.05) is 6.61 Å². The van der Waals surface area contributed by atoms with Gasteiger partial charge < -0.3 is 9.47 Å². The second-order valence-electron chi connectivity index (χ2n) is 5.93. The fourth-order valence-electron chi connectivity index (χ4n) is 4.06. The molecule has 2 aliphatic heterocycles. The second-order valence-corrected chi connectivity index (χ2v) is 5.93. The van der Waals surface area contributed by atoms with Gasteiger partial charge in [-0.05, 0) is 25.4 Å². The van der Waals surface area contributed by atoms with Crippen LogP contribution in [0.25, 0.3) is 0 Å². The van der Waals surface area contributed by atoms with Crippen LogP contribution in [0, 0.1) is 0 Å². The maximum Gasteiger partial charge on any atom is 0.241 e. The maximum atomic E-state index is 6.47. The molecule has 0 radical (unpaired) electrons. The smallest absolute Gasteiger partial charge is 0.241 e. The monoisotopic (exact) mass is 264 g/mol. The van der Waals surface area contributed by atoms with E-state index in [2.05, 4.69) is 65.5 Å². The third-order valence-electron chi connectivity index (χ3n) is 4.92. The summed E-state index contributed by atoms with van der Waals surface area (Å²) in [7, 11) is 0. The molecule has 0 unspecified atom stereocenters. The summed E-state index contributed by atoms with van der Waals surface area (Å²) in [6.45, 7) is 0.819. The molecule has 3 heteroatoms. The van der Waals surface area contributed by atoms with Gasteiger partial charge in [0.2, 0.25) is 6.48 Å². The first-order valence-corrected chi connectivity index (χ1v) is 7.57. The highest BCUT2D eigenvalue weighted by Crippen LogP contribution is 2.31. The Kier molecular flexibility index (Phi) is 2.90. The highest BCUT2D eigenvalue weighted by atomic mass is 16.5. The number of fused-ring (bicyclic) bond motifs is 1. The molecule has 1 atom stereocenters. The summed E-state index contributed by atoms with van der Waals surface area (Å²) in [5.74, 6) is 0. The van der Waals surface area contributed by atoms with Crippen molar-refractivity contribution in [1.82, 2.24) is 4.81 Å². The van der Waals surface area contributed by atoms with Crippen molar-refractivity contribution in [3.05, 3.63) is 60.7 Å². The lowest BCUT2D eigenvalue weighted by Crippen LogP contribution is -2.68. The Morgan fingerprint density at radius 3 is 2.10 bits per heavy atom. The van der Waals surface area contributed by atoms with Crippen LogP contribution in [0.3, 0.4) is 0 Å². The second kappa shape index (κ2) is 4.76. The molecule has 2 fully saturated rings. The lowest BCUT2D eigenvalue weighted by atomic mass is 9.41. The largest absolute Gasteiger partial charge is 0.569 e. The zero-order valence-electron chi connectivity index (χ0n) is 11.6. The molecule has 4 rings (SSSR count). The Balaban J connectivity index is 1.90. The first-order valence-electron chi connectivity index (χ1n) is 7.57. The molecular weight excluding hydrogens is 245 g/mol. The van der Waals surface area contributed by atoms with Crippen LogP contribution >= 0.6 is 0 Å². The highest BCUT2D eigenvalue weighted by Gasteiger charge is 2.45. The Morgan fingerprint density at radius 2 is 1.50 bits per heavy atom. The predicted molar refractivity (Wildman–Crippen MR) is 83.6 cm³/mol. The van der Waals surface area contributed by atoms with Crippen LogP contribution < -0.4 is 10.9 Å². The first kappa shape index (κ1) is 12.2. The molecule has 0 aliphatic carbocycles. The van der Waals surface area contributed by atoms with E-state index in [4.69, 9.17) is 4.65 Å². The van der Waals surface area contributed by atoms with Crippen molar-refractivity contribution in [2.75, 3.05) is 13.2 Å². The Hall–Kier alpha value is -1.58. The van der Waals surface area contributed by atoms with Gasteiger partial charge in [-0.15, -0.1) is 0 Å². The van der Waals surface area contributed by atoms with E-state index in [1.165, 1.54) is 23.8 Å². The van der Waals surface area contributed by atoms with Crippen molar-refractivity contribution in [2.45, 2.75) is 18.9 Å². The van der Waals surface area contributed by atoms with E-state index in [9.17, 15) is 0 Å². The molecule has 0 amide bonds. The quantitative estimate of drug-likeness (QED) is 0.766. The fourth-order valence-corrected chi connectivity index (χ4v) is 4.06. The van der Waals surface area contributed by atoms with Crippen molar-refractivity contribution in [3.63, 3.8) is 0 Å². The number of benzene rings is 2. The van der Waals surface area contributed by atoms with Gasteiger partial charge in [-0.3, -0.25) is 0 Å². The molecule has 0 saturated carbocycles. The van der Waals surface area contributed by atoms with Crippen LogP contribution in [0.2, 0.25) is 0 Å². The zero-order valence-corrected chi connectivity index (χ0v) is 11.6. The van der Waals surface area contributed by atoms with E-state index in [1.54, 1.807) is 0 Å². The lowest BCUT2D eigenvalue weighted by Gasteiger charge is -2.45. The van der Waals surface area contributed by atoms with Gasteiger partial charge >= 0.3 is 0 Å². The molecule has 2 saturated heterocycles. The van der Waals surface area contributed by atoms with Crippen LogP contribution in [-0.2, 0) is 4.65 Å². The van der Waals surface area contributed by atoms with E-state index in [1.807, 2.05) is 0 Å². The molecule has 2 aliphatic rings. The fraction of sp³-hybridized carbons (Fsp3) is 0.294. The van der Waals surface area contributed by atoms with Gasteiger partial charge in [0.25, 0.3) is 0 Å². The van der Waals surface area contributed by atoms with Gasteiger partial charge in [-0.1, -0.05) is 60.7 Å². The molecule has 0 N–H and O–H groups in total. The molecule has 0 bridgehead atoms. The summed E-state index contributed by atoms with van der Waals surface area (Å²) >= 11 is 0. The highest BCUT2D eigenvalue weighted by molar-refractivity contribution is 6.95. The van der Waals surface area contributed by atoms with Crippen LogP contribution in [-0.4, -0.2) is 30.5 Å². The lowest BCUT2D eigenvalue weighted by molar-refractivity contribution is 0.329. The summed E-state index contributed by atoms with van der Waals surface area (Å²) in [5.41, 5.74) is 2.62. The van der Waals surface area contributed by atoms with Crippen molar-refractivity contribution in [2.24, 2.45) is 0 Å². The predicted octanol–water partition coefficient (Wildman–Crippen LogP) is 1.74. The normalized spacial score (nSPS) is 24.7. The number of hydrogen-bond acceptors (Lipinski definition) is 2. The van der Waals surface area contributed by atoms with Gasteiger partial charge in [-0.25, -0.2) is 0 Å². The standard InChI is InChI=1S/C17H19BNO/c1-3-8-15(9-4-1)18(16-10-5-2-6-11-16)19-13-7-12-17(19)14-20-18/h1-6,8-11,17H,7,12-14H2/q-1/t17-/m0/s1. The Bertz CT molecular complexity index is 547. The summed E-state index contributed by atoms with van der Waals surface area (Å²) in [6, 6.07) is 22.1. The SMILES string of the molecule is c1ccc([B-]2(c3ccccc3)OC[C@@H]3CCCN32)cc1. The average molecular weight is 264 g/mol. The Labute approximate surface area is 120 Å². The van der Waals surface area contributed by atoms with Crippen molar-refractivity contribution in [1.29, 1.82) is 0 Å². The van der Waals surface area contributed by atoms with Crippen LogP contribution in [0.15, 0.2) is 60.7 Å². The summed E-state index contributed by atoms with van der Waals surface area (Å²) in [4.78, 5) is 2.62. The van der Waals surface area contributed by atoms with Crippen molar-refractivity contribution < 1.29 is 4.65 Å². The van der Waals surface area contributed by atoms with Crippen molar-refractivity contribution in [3.8, 4) is 0 Å². The molecule has 20 heavy (non-hydrogen) atoms. The zero-order chi connectivity index (χ0) is 13.4. The van der Waals surface area contributed by atoms with E-state index in [0.717, 1.165) is 13.2 Å².